The van der Waals surface area contributed by atoms with Crippen LogP contribution in [0.25, 0.3) is 38.8 Å². The van der Waals surface area contributed by atoms with Gasteiger partial charge in [0, 0.05) is 23.9 Å². The number of alkyl carbamates (subject to hydrolysis) is 2. The fourth-order valence-electron chi connectivity index (χ4n) is 14.5. The number of aliphatic hydroxyl groups excluding tert-OH is 2. The number of carbonyl (C=O) groups is 4. The molecule has 16 heteroatoms. The summed E-state index contributed by atoms with van der Waals surface area (Å²) >= 11 is 0. The maximum absolute atomic E-state index is 14.1. The van der Waals surface area contributed by atoms with Gasteiger partial charge in [-0.05, 0) is 152 Å². The number of amides is 4. The first-order valence-electron chi connectivity index (χ1n) is 26.6. The highest BCUT2D eigenvalue weighted by molar-refractivity contribution is 5.90. The summed E-state index contributed by atoms with van der Waals surface area (Å²) in [6, 6.07) is 16.8. The highest BCUT2D eigenvalue weighted by atomic mass is 16.5. The van der Waals surface area contributed by atoms with E-state index in [0.29, 0.717) is 5.92 Å². The second-order valence-electron chi connectivity index (χ2n) is 22.1. The summed E-state index contributed by atoms with van der Waals surface area (Å²) in [5.74, 6) is 1.44. The van der Waals surface area contributed by atoms with Gasteiger partial charge >= 0.3 is 12.2 Å². The lowest BCUT2D eigenvalue weighted by atomic mass is 9.71. The zero-order valence-corrected chi connectivity index (χ0v) is 42.0. The number of hydrogen-bond acceptors (Lipinski definition) is 10. The first-order valence-corrected chi connectivity index (χ1v) is 26.6. The summed E-state index contributed by atoms with van der Waals surface area (Å²) in [7, 11) is 2.52. The number of aromatic amines is 2. The molecule has 382 valence electrons. The number of imidazole rings is 2. The summed E-state index contributed by atoms with van der Waals surface area (Å²) < 4.78 is 9.67. The summed E-state index contributed by atoms with van der Waals surface area (Å²) in [6.45, 7) is 4.48. The van der Waals surface area contributed by atoms with E-state index in [0.717, 1.165) is 122 Å². The predicted octanol–water partition coefficient (Wildman–Crippen LogP) is 7.97. The number of nitrogens with zero attached hydrogens (tertiary/aromatic N) is 4. The fraction of sp³-hybridized carbons (Fsp3) is 0.509. The van der Waals surface area contributed by atoms with Crippen molar-refractivity contribution in [3.63, 3.8) is 0 Å². The number of rotatable bonds is 6. The van der Waals surface area contributed by atoms with Crippen molar-refractivity contribution in [2.24, 2.45) is 29.6 Å². The monoisotopic (exact) mass is 991 g/mol. The quantitative estimate of drug-likeness (QED) is 0.0965. The van der Waals surface area contributed by atoms with Crippen molar-refractivity contribution in [3.8, 4) is 11.1 Å². The van der Waals surface area contributed by atoms with Gasteiger partial charge in [0.05, 0.1) is 60.6 Å². The number of fused-ring (bicyclic) bond motifs is 10. The van der Waals surface area contributed by atoms with Crippen LogP contribution in [0.15, 0.2) is 72.3 Å². The molecule has 2 bridgehead atoms. The molecule has 0 spiro atoms. The Balaban J connectivity index is 0.803. The lowest BCUT2D eigenvalue weighted by molar-refractivity contribution is -0.154. The molecule has 4 aliphatic carbocycles. The largest absolute Gasteiger partial charge is 0.453 e. The maximum Gasteiger partial charge on any atom is 0.407 e. The van der Waals surface area contributed by atoms with E-state index in [4.69, 9.17) is 19.4 Å². The zero-order valence-electron chi connectivity index (χ0n) is 42.0. The molecule has 8 aliphatic rings. The van der Waals surface area contributed by atoms with Crippen LogP contribution >= 0.6 is 0 Å². The van der Waals surface area contributed by atoms with Crippen LogP contribution in [0.1, 0.15) is 118 Å². The summed E-state index contributed by atoms with van der Waals surface area (Å²) in [6.07, 6.45) is 11.8. The smallest absolute Gasteiger partial charge is 0.407 e. The van der Waals surface area contributed by atoms with Gasteiger partial charge in [-0.15, -0.1) is 0 Å². The van der Waals surface area contributed by atoms with Gasteiger partial charge in [0.25, 0.3) is 0 Å². The molecular formula is C57H66N8O8. The molecule has 73 heavy (non-hydrogen) atoms. The van der Waals surface area contributed by atoms with Crippen LogP contribution in [0.2, 0.25) is 0 Å². The van der Waals surface area contributed by atoms with Crippen molar-refractivity contribution in [2.45, 2.75) is 139 Å². The number of ether oxygens (including phenoxy) is 2. The molecule has 4 amide bonds. The maximum atomic E-state index is 14.1. The molecule has 16 nitrogen and oxygen atoms in total. The standard InChI is InChI=1S/C57H66N8O8/c1-28-11-15-31(29(2)33-19-21-40-42(24-33)60-52(58-40)44-26-35-7-5-9-37-48(35)64(44)54(68)46(50(37)66)62-56(70)72-3)17-13-30-14-18-32(16-12-28)39(23-30)34-20-22-41-43(25-34)61-53(59-41)45-27-36-8-6-10-38-49(36)65(45)55(69)47(51(38)67)63-57(71)73-4/h11,14-15,18-25,28,35-38,44-51,66-67H,5-10,12-13,16-17,26-27H2,1-4H3,(H,58,60)(H,59,61)(H,62,70)(H,63,71)/b15-11-,31-29-/t28-,35-,36-,37?,38?,44-,45-,46-,47-,48+,49+,50+,51+/m0/s1. The van der Waals surface area contributed by atoms with E-state index in [2.05, 4.69) is 101 Å². The third kappa shape index (κ3) is 8.19. The Hall–Kier alpha value is -6.52. The highest BCUT2D eigenvalue weighted by Gasteiger charge is 2.60. The van der Waals surface area contributed by atoms with Gasteiger partial charge in [-0.25, -0.2) is 19.6 Å². The van der Waals surface area contributed by atoms with Crippen LogP contribution in [0, 0.1) is 29.6 Å². The van der Waals surface area contributed by atoms with Crippen molar-refractivity contribution in [1.82, 2.24) is 40.4 Å². The fourth-order valence-corrected chi connectivity index (χ4v) is 14.5. The molecule has 2 unspecified atom stereocenters. The molecule has 13 atom stereocenters. The molecule has 0 radical (unpaired) electrons. The van der Waals surface area contributed by atoms with Gasteiger partial charge in [0.15, 0.2) is 0 Å². The minimum absolute atomic E-state index is 0.102. The minimum Gasteiger partial charge on any atom is -0.453 e. The molecule has 2 saturated carbocycles. The van der Waals surface area contributed by atoms with Gasteiger partial charge in [-0.1, -0.05) is 62.2 Å². The molecule has 6 fully saturated rings. The Bertz CT molecular complexity index is 3090. The van der Waals surface area contributed by atoms with E-state index in [1.54, 1.807) is 0 Å². The lowest BCUT2D eigenvalue weighted by Gasteiger charge is -2.48. The van der Waals surface area contributed by atoms with Crippen LogP contribution in [0.5, 0.6) is 0 Å². The topological polar surface area (TPSA) is 215 Å². The Labute approximate surface area is 424 Å². The van der Waals surface area contributed by atoms with Crippen molar-refractivity contribution < 1.29 is 38.9 Å². The van der Waals surface area contributed by atoms with Crippen LogP contribution < -0.4 is 10.6 Å². The Kier molecular flexibility index (Phi) is 12.2. The van der Waals surface area contributed by atoms with Crippen LogP contribution in [0.3, 0.4) is 0 Å². The van der Waals surface area contributed by atoms with Crippen LogP contribution in [-0.4, -0.2) is 115 Å². The average molecular weight is 991 g/mol. The number of aliphatic hydroxyl groups is 2. The average Bonchev–Trinajstić information content (AvgIpc) is 4.21. The lowest BCUT2D eigenvalue weighted by Crippen LogP contribution is -2.66. The molecule has 4 saturated heterocycles. The molecule has 13 rings (SSSR count). The van der Waals surface area contributed by atoms with E-state index in [1.807, 2.05) is 9.80 Å². The third-order valence-corrected chi connectivity index (χ3v) is 18.2. The van der Waals surface area contributed by atoms with Crippen LogP contribution in [0.4, 0.5) is 9.59 Å². The Morgan fingerprint density at radius 2 is 1.27 bits per heavy atom. The highest BCUT2D eigenvalue weighted by Crippen LogP contribution is 2.53. The molecular weight excluding hydrogens is 925 g/mol. The summed E-state index contributed by atoms with van der Waals surface area (Å²) in [4.78, 5) is 74.1. The number of benzene rings is 3. The summed E-state index contributed by atoms with van der Waals surface area (Å²) in [5.41, 5.74) is 11.9. The number of methoxy groups -OCH3 is 2. The number of H-pyrrole nitrogens is 2. The molecule has 2 aromatic heterocycles. The van der Waals surface area contributed by atoms with Crippen LogP contribution in [-0.2, 0) is 31.9 Å². The minimum atomic E-state index is -1.07. The molecule has 5 aromatic rings. The molecule has 6 heterocycles. The van der Waals surface area contributed by atoms with Gasteiger partial charge in [0.2, 0.25) is 11.8 Å². The van der Waals surface area contributed by atoms with Gasteiger partial charge in [-0.3, -0.25) is 9.59 Å². The SMILES string of the molecule is COC(=O)N[C@@H]1C(=O)N2[C@H](c3nc4ccc(/C(C)=C5/C=C\[C@H](C)CCc6ccc(cc6-c6ccc7nc([C@@H]8C[C@@H]9CCCC%10[C@@H](O)[C@H](NC(=O)OC)C(=O)N8[C@@H]%109)[nH]c7c6)CC5)cc4[nH]3)C[C@@H]3CCCC([C@H]1O)[C@@H]32. The molecule has 4 aliphatic heterocycles. The van der Waals surface area contributed by atoms with E-state index < -0.39 is 36.5 Å². The summed E-state index contributed by atoms with van der Waals surface area (Å²) in [5, 5.41) is 28.0. The first kappa shape index (κ1) is 47.5. The molecule has 6 N–H and O–H groups in total. The predicted molar refractivity (Wildman–Crippen MR) is 273 cm³/mol. The Morgan fingerprint density at radius 3 is 1.86 bits per heavy atom. The zero-order chi connectivity index (χ0) is 50.4. The van der Waals surface area contributed by atoms with Crippen molar-refractivity contribution in [3.05, 3.63) is 101 Å². The van der Waals surface area contributed by atoms with Gasteiger partial charge in [0.1, 0.15) is 23.7 Å². The number of aromatic nitrogens is 4. The Morgan fingerprint density at radius 1 is 0.699 bits per heavy atom. The number of aryl methyl sites for hydroxylation is 2. The number of hydrogen-bond donors (Lipinski definition) is 6. The number of nitrogens with one attached hydrogen (secondary N) is 4. The van der Waals surface area contributed by atoms with Crippen molar-refractivity contribution in [2.75, 3.05) is 14.2 Å². The van der Waals surface area contributed by atoms with E-state index in [-0.39, 0.29) is 59.7 Å². The first-order chi connectivity index (χ1) is 35.4. The number of allylic oxidation sites excluding steroid dienone is 4. The number of carbonyl (C=O) groups excluding carboxylic acids is 4. The third-order valence-electron chi connectivity index (χ3n) is 18.2. The number of piperidine rings is 2. The normalized spacial score (nSPS) is 32.9. The van der Waals surface area contributed by atoms with Crippen molar-refractivity contribution in [1.29, 1.82) is 0 Å². The van der Waals surface area contributed by atoms with E-state index in [9.17, 15) is 29.4 Å². The van der Waals surface area contributed by atoms with E-state index in [1.165, 1.54) is 42.1 Å². The molecule has 3 aromatic carbocycles. The second kappa shape index (κ2) is 18.8. The van der Waals surface area contributed by atoms with E-state index >= 15 is 0 Å². The second-order valence-corrected chi connectivity index (χ2v) is 22.1. The van der Waals surface area contributed by atoms with Gasteiger partial charge < -0.3 is 50.1 Å². The van der Waals surface area contributed by atoms with Crippen molar-refractivity contribution >= 4 is 51.6 Å². The van der Waals surface area contributed by atoms with Gasteiger partial charge in [-0.2, -0.15) is 0 Å².